The Morgan fingerprint density at radius 1 is 1.14 bits per heavy atom. The molecule has 0 aliphatic heterocycles. The minimum atomic E-state index is -0.0131. The molecule has 6 heteroatoms. The van der Waals surface area contributed by atoms with Gasteiger partial charge in [-0.3, -0.25) is 5.10 Å². The third-order valence-electron chi connectivity index (χ3n) is 4.99. The molecule has 0 spiro atoms. The van der Waals surface area contributed by atoms with E-state index in [2.05, 4.69) is 21.6 Å². The van der Waals surface area contributed by atoms with Gasteiger partial charge in [0.15, 0.2) is 5.76 Å². The lowest BCUT2D eigenvalue weighted by Gasteiger charge is -2.17. The van der Waals surface area contributed by atoms with Gasteiger partial charge in [-0.1, -0.05) is 33.3 Å². The molecule has 2 aliphatic carbocycles. The van der Waals surface area contributed by atoms with E-state index in [9.17, 15) is 5.11 Å². The number of methoxy groups -OCH3 is 1. The number of aromatic nitrogens is 2. The zero-order valence-electron chi connectivity index (χ0n) is 19.0. The van der Waals surface area contributed by atoms with Crippen LogP contribution in [0.15, 0.2) is 29.4 Å². The van der Waals surface area contributed by atoms with Crippen LogP contribution in [0, 0.1) is 0 Å². The average molecular weight is 408 g/mol. The van der Waals surface area contributed by atoms with Crippen molar-refractivity contribution in [1.29, 1.82) is 0 Å². The van der Waals surface area contributed by atoms with Crippen LogP contribution in [0.25, 0.3) is 0 Å². The number of aromatic amines is 1. The van der Waals surface area contributed by atoms with Gasteiger partial charge in [0.2, 0.25) is 0 Å². The molecule has 166 valence electrons. The normalized spacial score (nSPS) is 16.7. The van der Waals surface area contributed by atoms with E-state index in [1.165, 1.54) is 18.4 Å². The molecule has 0 atom stereocenters. The van der Waals surface area contributed by atoms with Crippen molar-refractivity contribution in [3.63, 3.8) is 0 Å². The second-order valence-corrected chi connectivity index (χ2v) is 6.78. The standard InChI is InChI=1S/C19H29N3O3.2C2H6/c1-24-17-8-4-5-14(11-18(17)25-16-6-2-3-7-16)9-10-20-19-15(13-23)12-21-22-19;2*1-2/h11-12,16,23H,2-10,13H2,1H3,(H2,20,21,22);2*1-2H3. The number of aliphatic hydroxyl groups is 1. The van der Waals surface area contributed by atoms with Crippen LogP contribution < -0.4 is 5.32 Å². The Kier molecular flexibility index (Phi) is 12.9. The van der Waals surface area contributed by atoms with Gasteiger partial charge in [-0.05, 0) is 51.0 Å². The number of allylic oxidation sites excluding steroid dienone is 2. The van der Waals surface area contributed by atoms with E-state index in [1.54, 1.807) is 13.3 Å². The van der Waals surface area contributed by atoms with Crippen LogP contribution in [0.4, 0.5) is 5.82 Å². The van der Waals surface area contributed by atoms with Crippen molar-refractivity contribution in [2.75, 3.05) is 19.0 Å². The van der Waals surface area contributed by atoms with Crippen molar-refractivity contribution in [2.24, 2.45) is 0 Å². The van der Waals surface area contributed by atoms with Crippen molar-refractivity contribution >= 4 is 5.82 Å². The first-order chi connectivity index (χ1) is 14.3. The Morgan fingerprint density at radius 3 is 2.52 bits per heavy atom. The Bertz CT molecular complexity index is 617. The lowest BCUT2D eigenvalue weighted by Crippen LogP contribution is -2.09. The first-order valence-corrected chi connectivity index (χ1v) is 11.3. The smallest absolute Gasteiger partial charge is 0.157 e. The molecule has 1 saturated carbocycles. The van der Waals surface area contributed by atoms with E-state index in [0.717, 1.165) is 68.0 Å². The molecule has 1 aromatic rings. The molecule has 3 N–H and O–H groups in total. The molecule has 0 saturated heterocycles. The largest absolute Gasteiger partial charge is 0.497 e. The number of H-pyrrole nitrogens is 1. The van der Waals surface area contributed by atoms with E-state index in [0.29, 0.717) is 6.10 Å². The second-order valence-electron chi connectivity index (χ2n) is 6.78. The number of nitrogens with zero attached hydrogens (tertiary/aromatic N) is 1. The summed E-state index contributed by atoms with van der Waals surface area (Å²) in [5.41, 5.74) is 2.17. The van der Waals surface area contributed by atoms with E-state index >= 15 is 0 Å². The minimum Gasteiger partial charge on any atom is -0.497 e. The third-order valence-corrected chi connectivity index (χ3v) is 4.99. The summed E-state index contributed by atoms with van der Waals surface area (Å²) in [5.74, 6) is 2.71. The van der Waals surface area contributed by atoms with Crippen molar-refractivity contribution < 1.29 is 14.6 Å². The first-order valence-electron chi connectivity index (χ1n) is 11.3. The summed E-state index contributed by atoms with van der Waals surface area (Å²) in [6.45, 7) is 8.78. The minimum absolute atomic E-state index is 0.0131. The van der Waals surface area contributed by atoms with E-state index in [-0.39, 0.29) is 6.61 Å². The van der Waals surface area contributed by atoms with Gasteiger partial charge in [-0.2, -0.15) is 5.10 Å². The molecular formula is C23H41N3O3. The summed E-state index contributed by atoms with van der Waals surface area (Å²) in [5, 5.41) is 19.4. The molecule has 1 fully saturated rings. The van der Waals surface area contributed by atoms with Gasteiger partial charge in [0.25, 0.3) is 0 Å². The average Bonchev–Trinajstić information content (AvgIpc) is 3.41. The predicted molar refractivity (Wildman–Crippen MR) is 120 cm³/mol. The fourth-order valence-corrected chi connectivity index (χ4v) is 3.55. The maximum absolute atomic E-state index is 9.27. The van der Waals surface area contributed by atoms with Crippen LogP contribution in [0.1, 0.15) is 84.6 Å². The SMILES string of the molecule is CC.CC.COC1=C(OC2CCCC2)C=C(CCNc2[nH]ncc2CO)CCC1. The molecule has 6 nitrogen and oxygen atoms in total. The van der Waals surface area contributed by atoms with Crippen LogP contribution in [0.2, 0.25) is 0 Å². The molecular weight excluding hydrogens is 366 g/mol. The summed E-state index contributed by atoms with van der Waals surface area (Å²) in [4.78, 5) is 0. The van der Waals surface area contributed by atoms with Crippen LogP contribution in [0.3, 0.4) is 0 Å². The van der Waals surface area contributed by atoms with Crippen molar-refractivity contribution in [2.45, 2.75) is 91.8 Å². The lowest BCUT2D eigenvalue weighted by atomic mass is 10.1. The number of hydrogen-bond acceptors (Lipinski definition) is 5. The fraction of sp³-hybridized carbons (Fsp3) is 0.696. The molecule has 0 unspecified atom stereocenters. The van der Waals surface area contributed by atoms with Gasteiger partial charge in [0.05, 0.1) is 26.0 Å². The highest BCUT2D eigenvalue weighted by Crippen LogP contribution is 2.30. The Labute approximate surface area is 176 Å². The molecule has 29 heavy (non-hydrogen) atoms. The molecule has 1 aromatic heterocycles. The third kappa shape index (κ3) is 8.13. The summed E-state index contributed by atoms with van der Waals surface area (Å²) >= 11 is 0. The molecule has 0 bridgehead atoms. The number of anilines is 1. The number of rotatable bonds is 8. The number of aliphatic hydroxyl groups excluding tert-OH is 1. The van der Waals surface area contributed by atoms with Crippen LogP contribution in [-0.4, -0.2) is 35.1 Å². The summed E-state index contributed by atoms with van der Waals surface area (Å²) in [6.07, 6.45) is 13.0. The van der Waals surface area contributed by atoms with Crippen molar-refractivity contribution in [3.05, 3.63) is 34.9 Å². The van der Waals surface area contributed by atoms with Gasteiger partial charge >= 0.3 is 0 Å². The number of nitrogens with one attached hydrogen (secondary N) is 2. The summed E-state index contributed by atoms with van der Waals surface area (Å²) in [7, 11) is 1.74. The van der Waals surface area contributed by atoms with E-state index in [4.69, 9.17) is 9.47 Å². The highest BCUT2D eigenvalue weighted by molar-refractivity contribution is 5.42. The Hall–Kier alpha value is -1.95. The molecule has 0 radical (unpaired) electrons. The van der Waals surface area contributed by atoms with Crippen molar-refractivity contribution in [3.8, 4) is 0 Å². The van der Waals surface area contributed by atoms with Crippen LogP contribution in [0.5, 0.6) is 0 Å². The highest BCUT2D eigenvalue weighted by atomic mass is 16.5. The fourth-order valence-electron chi connectivity index (χ4n) is 3.55. The maximum atomic E-state index is 9.27. The van der Waals surface area contributed by atoms with Gasteiger partial charge in [-0.15, -0.1) is 0 Å². The van der Waals surface area contributed by atoms with E-state index < -0.39 is 0 Å². The zero-order valence-corrected chi connectivity index (χ0v) is 19.0. The topological polar surface area (TPSA) is 79.4 Å². The molecule has 0 amide bonds. The molecule has 0 aromatic carbocycles. The van der Waals surface area contributed by atoms with Gasteiger partial charge in [0, 0.05) is 18.5 Å². The summed E-state index contributed by atoms with van der Waals surface area (Å²) < 4.78 is 11.9. The maximum Gasteiger partial charge on any atom is 0.157 e. The second kappa shape index (κ2) is 15.0. The zero-order chi connectivity index (χ0) is 21.5. The number of hydrogen-bond donors (Lipinski definition) is 3. The lowest BCUT2D eigenvalue weighted by molar-refractivity contribution is 0.112. The van der Waals surface area contributed by atoms with Gasteiger partial charge < -0.3 is 19.9 Å². The van der Waals surface area contributed by atoms with Gasteiger partial charge in [-0.25, -0.2) is 0 Å². The number of ether oxygens (including phenoxy) is 2. The quantitative estimate of drug-likeness (QED) is 0.516. The van der Waals surface area contributed by atoms with Crippen LogP contribution in [-0.2, 0) is 16.1 Å². The van der Waals surface area contributed by atoms with Gasteiger partial charge in [0.1, 0.15) is 11.6 Å². The van der Waals surface area contributed by atoms with E-state index in [1.807, 2.05) is 27.7 Å². The van der Waals surface area contributed by atoms with Crippen molar-refractivity contribution in [1.82, 2.24) is 10.2 Å². The Balaban J connectivity index is 0.000000989. The first kappa shape index (κ1) is 25.1. The molecule has 3 rings (SSSR count). The monoisotopic (exact) mass is 407 g/mol. The highest BCUT2D eigenvalue weighted by Gasteiger charge is 2.21. The van der Waals surface area contributed by atoms with Crippen LogP contribution >= 0.6 is 0 Å². The molecule has 2 aliphatic rings. The Morgan fingerprint density at radius 2 is 1.86 bits per heavy atom. The summed E-state index contributed by atoms with van der Waals surface area (Å²) in [6, 6.07) is 0. The predicted octanol–water partition coefficient (Wildman–Crippen LogP) is 5.68. The molecule has 1 heterocycles.